The summed E-state index contributed by atoms with van der Waals surface area (Å²) in [5.74, 6) is 1.95. The normalized spacial score (nSPS) is 28.4. The maximum absolute atomic E-state index is 12.8. The van der Waals surface area contributed by atoms with Gasteiger partial charge in [0.25, 0.3) is 0 Å². The lowest BCUT2D eigenvalue weighted by Gasteiger charge is -2.27. The summed E-state index contributed by atoms with van der Waals surface area (Å²) in [7, 11) is 0. The highest BCUT2D eigenvalue weighted by Gasteiger charge is 2.48. The molecule has 0 spiro atoms. The van der Waals surface area contributed by atoms with Crippen LogP contribution in [-0.2, 0) is 4.79 Å². The molecule has 0 saturated heterocycles. The molecular weight excluding hydrogens is 335 g/mol. The Balaban J connectivity index is 0.00000192. The van der Waals surface area contributed by atoms with Crippen molar-refractivity contribution in [2.24, 2.45) is 23.5 Å². The Morgan fingerprint density at radius 1 is 1.26 bits per heavy atom. The lowest BCUT2D eigenvalue weighted by atomic mass is 9.84. The number of carbonyl (C=O) groups is 1. The number of amides is 1. The van der Waals surface area contributed by atoms with Crippen molar-refractivity contribution in [2.45, 2.75) is 36.6 Å². The molecule has 1 amide bonds. The number of nitrogens with two attached hydrogens (primary N) is 1. The number of hydrogen-bond donors (Lipinski definition) is 2. The summed E-state index contributed by atoms with van der Waals surface area (Å²) in [6.45, 7) is 0.688. The van der Waals surface area contributed by atoms with E-state index in [9.17, 15) is 9.18 Å². The van der Waals surface area contributed by atoms with Gasteiger partial charge < -0.3 is 11.1 Å². The molecule has 128 valence electrons. The molecule has 1 aromatic carbocycles. The van der Waals surface area contributed by atoms with Crippen molar-refractivity contribution in [3.05, 3.63) is 30.1 Å². The van der Waals surface area contributed by atoms with Crippen molar-refractivity contribution in [3.8, 4) is 0 Å². The largest absolute Gasteiger partial charge is 0.356 e. The van der Waals surface area contributed by atoms with E-state index in [0.717, 1.165) is 29.9 Å². The Kier molecular flexibility index (Phi) is 6.74. The minimum atomic E-state index is -0.209. The van der Waals surface area contributed by atoms with Crippen LogP contribution < -0.4 is 11.1 Å². The molecule has 23 heavy (non-hydrogen) atoms. The van der Waals surface area contributed by atoms with E-state index in [1.807, 2.05) is 0 Å². The summed E-state index contributed by atoms with van der Waals surface area (Å²) in [4.78, 5) is 13.3. The number of nitrogens with one attached hydrogen (secondary N) is 1. The van der Waals surface area contributed by atoms with Crippen molar-refractivity contribution < 1.29 is 9.18 Å². The smallest absolute Gasteiger partial charge is 0.224 e. The Morgan fingerprint density at radius 3 is 2.61 bits per heavy atom. The van der Waals surface area contributed by atoms with E-state index in [-0.39, 0.29) is 36.1 Å². The first kappa shape index (κ1) is 18.6. The predicted octanol–water partition coefficient (Wildman–Crippen LogP) is 3.22. The summed E-state index contributed by atoms with van der Waals surface area (Å²) in [6, 6.07) is 6.58. The molecule has 3 nitrogen and oxygen atoms in total. The first-order valence-electron chi connectivity index (χ1n) is 8.07. The molecule has 3 rings (SSSR count). The van der Waals surface area contributed by atoms with Crippen molar-refractivity contribution in [1.82, 2.24) is 5.32 Å². The molecule has 0 aromatic heterocycles. The average molecular weight is 359 g/mol. The fourth-order valence-electron chi connectivity index (χ4n) is 3.85. The van der Waals surface area contributed by atoms with E-state index in [1.54, 1.807) is 23.9 Å². The zero-order chi connectivity index (χ0) is 15.5. The van der Waals surface area contributed by atoms with Crippen LogP contribution in [0.5, 0.6) is 0 Å². The molecule has 4 unspecified atom stereocenters. The summed E-state index contributed by atoms with van der Waals surface area (Å²) in [6.07, 6.45) is 4.41. The molecule has 2 saturated carbocycles. The van der Waals surface area contributed by atoms with Crippen LogP contribution in [0.3, 0.4) is 0 Å². The zero-order valence-corrected chi connectivity index (χ0v) is 14.7. The second kappa shape index (κ2) is 8.36. The quantitative estimate of drug-likeness (QED) is 0.606. The second-order valence-electron chi connectivity index (χ2n) is 6.38. The highest BCUT2D eigenvalue weighted by atomic mass is 35.5. The Morgan fingerprint density at radius 2 is 1.96 bits per heavy atom. The molecule has 2 fully saturated rings. The molecule has 2 aliphatic rings. The van der Waals surface area contributed by atoms with Gasteiger partial charge in [-0.1, -0.05) is 0 Å². The molecule has 1 aromatic rings. The Labute approximate surface area is 147 Å². The van der Waals surface area contributed by atoms with Crippen LogP contribution in [0.15, 0.2) is 29.2 Å². The van der Waals surface area contributed by atoms with Gasteiger partial charge >= 0.3 is 0 Å². The molecule has 3 N–H and O–H groups in total. The molecule has 6 heteroatoms. The number of halogens is 2. The lowest BCUT2D eigenvalue weighted by Crippen LogP contribution is -2.45. The molecule has 4 atom stereocenters. The molecule has 0 radical (unpaired) electrons. The van der Waals surface area contributed by atoms with Gasteiger partial charge in [0.05, 0.1) is 5.92 Å². The molecule has 0 heterocycles. The average Bonchev–Trinajstić information content (AvgIpc) is 3.09. The molecule has 0 aliphatic heterocycles. The fraction of sp³-hybridized carbons (Fsp3) is 0.588. The van der Waals surface area contributed by atoms with Gasteiger partial charge in [-0.15, -0.1) is 24.2 Å². The summed E-state index contributed by atoms with van der Waals surface area (Å²) in [5.41, 5.74) is 6.19. The van der Waals surface area contributed by atoms with Gasteiger partial charge in [0, 0.05) is 17.5 Å². The van der Waals surface area contributed by atoms with E-state index >= 15 is 0 Å². The van der Waals surface area contributed by atoms with Gasteiger partial charge in [-0.3, -0.25) is 4.79 Å². The van der Waals surface area contributed by atoms with E-state index in [1.165, 1.54) is 18.6 Å². The van der Waals surface area contributed by atoms with Gasteiger partial charge in [0.2, 0.25) is 5.91 Å². The Bertz CT molecular complexity index is 526. The number of hydrogen-bond acceptors (Lipinski definition) is 3. The summed E-state index contributed by atoms with van der Waals surface area (Å²) in [5, 5.41) is 3.04. The first-order chi connectivity index (χ1) is 10.6. The number of fused-ring (bicyclic) bond motifs is 2. The van der Waals surface area contributed by atoms with Gasteiger partial charge in [0.15, 0.2) is 0 Å². The number of benzene rings is 1. The van der Waals surface area contributed by atoms with Crippen LogP contribution in [0.1, 0.15) is 25.7 Å². The van der Waals surface area contributed by atoms with Gasteiger partial charge in [-0.25, -0.2) is 4.39 Å². The first-order valence-corrected chi connectivity index (χ1v) is 9.05. The standard InChI is InChI=1S/C17H23FN2OS.ClH/c18-13-4-6-14(7-5-13)22-9-1-8-20-17(21)15-11-2-3-12(10-11)16(15)19;/h4-7,11-12,15-16H,1-3,8-10,19H2,(H,20,21);1H. The van der Waals surface area contributed by atoms with Crippen LogP contribution in [-0.4, -0.2) is 24.2 Å². The third kappa shape index (κ3) is 4.40. The molecular formula is C17H24ClFN2OS. The zero-order valence-electron chi connectivity index (χ0n) is 13.0. The van der Waals surface area contributed by atoms with Gasteiger partial charge in [-0.05, 0) is 67.5 Å². The summed E-state index contributed by atoms with van der Waals surface area (Å²) >= 11 is 1.68. The van der Waals surface area contributed by atoms with Gasteiger partial charge in [-0.2, -0.15) is 0 Å². The van der Waals surface area contributed by atoms with Crippen molar-refractivity contribution in [3.63, 3.8) is 0 Å². The second-order valence-corrected chi connectivity index (χ2v) is 7.55. The van der Waals surface area contributed by atoms with Crippen LogP contribution in [0.4, 0.5) is 4.39 Å². The van der Waals surface area contributed by atoms with Crippen molar-refractivity contribution in [1.29, 1.82) is 0 Å². The van der Waals surface area contributed by atoms with Crippen molar-refractivity contribution >= 4 is 30.1 Å². The van der Waals surface area contributed by atoms with E-state index < -0.39 is 0 Å². The summed E-state index contributed by atoms with van der Waals surface area (Å²) < 4.78 is 12.8. The van der Waals surface area contributed by atoms with Crippen molar-refractivity contribution in [2.75, 3.05) is 12.3 Å². The highest BCUT2D eigenvalue weighted by molar-refractivity contribution is 7.99. The SMILES string of the molecule is Cl.NC1C2CCC(C2)C1C(=O)NCCCSc1ccc(F)cc1. The maximum Gasteiger partial charge on any atom is 0.224 e. The number of thioether (sulfide) groups is 1. The minimum absolute atomic E-state index is 0. The lowest BCUT2D eigenvalue weighted by molar-refractivity contribution is -0.127. The third-order valence-corrected chi connectivity index (χ3v) is 6.08. The monoisotopic (exact) mass is 358 g/mol. The van der Waals surface area contributed by atoms with Crippen LogP contribution >= 0.6 is 24.2 Å². The minimum Gasteiger partial charge on any atom is -0.356 e. The van der Waals surface area contributed by atoms with Crippen LogP contribution in [0.25, 0.3) is 0 Å². The van der Waals surface area contributed by atoms with E-state index in [2.05, 4.69) is 5.32 Å². The maximum atomic E-state index is 12.8. The molecule has 2 bridgehead atoms. The number of rotatable bonds is 6. The highest BCUT2D eigenvalue weighted by Crippen LogP contribution is 2.47. The van der Waals surface area contributed by atoms with Gasteiger partial charge in [0.1, 0.15) is 5.82 Å². The topological polar surface area (TPSA) is 55.1 Å². The Hall–Kier alpha value is -0.780. The molecule has 2 aliphatic carbocycles. The number of carbonyl (C=O) groups excluding carboxylic acids is 1. The van der Waals surface area contributed by atoms with Crippen LogP contribution in [0, 0.1) is 23.6 Å². The fourth-order valence-corrected chi connectivity index (χ4v) is 4.70. The van der Waals surface area contributed by atoms with E-state index in [4.69, 9.17) is 5.73 Å². The van der Waals surface area contributed by atoms with E-state index in [0.29, 0.717) is 18.4 Å². The van der Waals surface area contributed by atoms with Crippen LogP contribution in [0.2, 0.25) is 0 Å². The predicted molar refractivity (Wildman–Crippen MR) is 94.3 cm³/mol. The third-order valence-electron chi connectivity index (χ3n) is 4.99.